The molecule has 1 unspecified atom stereocenters. The zero-order chi connectivity index (χ0) is 32.8. The largest absolute Gasteiger partial charge is 0.494 e. The van der Waals surface area contributed by atoms with Crippen LogP contribution >= 0.6 is 0 Å². The average molecular weight is 628 g/mol. The molecule has 0 saturated carbocycles. The number of aliphatic carboxylic acids is 2. The van der Waals surface area contributed by atoms with Crippen LogP contribution in [0.4, 0.5) is 23.4 Å². The van der Waals surface area contributed by atoms with Gasteiger partial charge >= 0.3 is 18.1 Å². The molecule has 1 atom stereocenters. The van der Waals surface area contributed by atoms with E-state index in [0.29, 0.717) is 35.6 Å². The average Bonchev–Trinajstić information content (AvgIpc) is 3.01. The summed E-state index contributed by atoms with van der Waals surface area (Å²) in [5.74, 6) is -3.13. The summed E-state index contributed by atoms with van der Waals surface area (Å²) in [6.45, 7) is 1.20. The molecule has 0 spiro atoms. The third-order valence-corrected chi connectivity index (χ3v) is 6.05. The third kappa shape index (κ3) is 11.6. The summed E-state index contributed by atoms with van der Waals surface area (Å²) in [6, 6.07) is 24.8. The Morgan fingerprint density at radius 1 is 0.867 bits per heavy atom. The van der Waals surface area contributed by atoms with Crippen LogP contribution in [-0.4, -0.2) is 52.4 Å². The number of aromatic nitrogens is 1. The number of hydrogen-bond donors (Lipinski definition) is 4. The number of anilines is 1. The van der Waals surface area contributed by atoms with Gasteiger partial charge in [0.2, 0.25) is 0 Å². The molecule has 0 radical (unpaired) electrons. The number of carboxylic acid groups (broad SMARTS) is 2. The van der Waals surface area contributed by atoms with E-state index in [2.05, 4.69) is 15.6 Å². The highest BCUT2D eigenvalue weighted by atomic mass is 19.4. The van der Waals surface area contributed by atoms with Gasteiger partial charge in [-0.05, 0) is 77.7 Å². The van der Waals surface area contributed by atoms with Gasteiger partial charge in [-0.15, -0.1) is 0 Å². The van der Waals surface area contributed by atoms with Crippen LogP contribution in [0.2, 0.25) is 0 Å². The van der Waals surface area contributed by atoms with Crippen molar-refractivity contribution in [1.82, 2.24) is 10.3 Å². The number of amides is 1. The Hall–Kier alpha value is -5.46. The lowest BCUT2D eigenvalue weighted by atomic mass is 9.97. The maximum atomic E-state index is 13.7. The van der Waals surface area contributed by atoms with Crippen LogP contribution < -0.4 is 15.4 Å². The van der Waals surface area contributed by atoms with Crippen LogP contribution in [0.3, 0.4) is 0 Å². The second-order valence-corrected chi connectivity index (χ2v) is 9.43. The number of ether oxygens (including phenoxy) is 1. The van der Waals surface area contributed by atoms with Crippen molar-refractivity contribution in [2.45, 2.75) is 25.1 Å². The van der Waals surface area contributed by atoms with Crippen molar-refractivity contribution >= 4 is 23.7 Å². The Labute approximate surface area is 255 Å². The summed E-state index contributed by atoms with van der Waals surface area (Å²) in [7, 11) is 0. The number of nitrogens with zero attached hydrogens (tertiary/aromatic N) is 1. The standard InChI is InChI=1S/C30H28FN3O4.C2HF3O2/c31-25-9-4-7-23(19-25)22-6-3-8-24(18-22)27(20-29(35)36)34-30(37)21-11-13-26(14-12-21)38-17-5-16-33-28-10-1-2-15-32-28;3-2(4,5)1(6)7/h1-4,6-15,18-19,27H,5,16-17,20H2,(H,32,33)(H,34,37)(H,35,36);(H,6,7). The minimum Gasteiger partial charge on any atom is -0.494 e. The monoisotopic (exact) mass is 627 g/mol. The lowest BCUT2D eigenvalue weighted by Gasteiger charge is -2.19. The van der Waals surface area contributed by atoms with E-state index in [1.54, 1.807) is 60.8 Å². The normalized spacial score (nSPS) is 11.4. The van der Waals surface area contributed by atoms with E-state index in [-0.39, 0.29) is 12.2 Å². The summed E-state index contributed by atoms with van der Waals surface area (Å²) in [4.78, 5) is 37.6. The van der Waals surface area contributed by atoms with Crippen molar-refractivity contribution in [2.24, 2.45) is 0 Å². The first-order valence-corrected chi connectivity index (χ1v) is 13.5. The predicted molar refractivity (Wildman–Crippen MR) is 157 cm³/mol. The van der Waals surface area contributed by atoms with Gasteiger partial charge in [-0.3, -0.25) is 9.59 Å². The van der Waals surface area contributed by atoms with Crippen LogP contribution in [0.5, 0.6) is 5.75 Å². The van der Waals surface area contributed by atoms with E-state index in [1.165, 1.54) is 12.1 Å². The zero-order valence-corrected chi connectivity index (χ0v) is 23.6. The molecule has 1 amide bonds. The van der Waals surface area contributed by atoms with Gasteiger partial charge in [0.25, 0.3) is 5.91 Å². The Morgan fingerprint density at radius 2 is 1.53 bits per heavy atom. The molecule has 13 heteroatoms. The number of pyridine rings is 1. The van der Waals surface area contributed by atoms with Crippen LogP contribution in [0.1, 0.15) is 34.8 Å². The molecule has 9 nitrogen and oxygen atoms in total. The molecular weight excluding hydrogens is 598 g/mol. The summed E-state index contributed by atoms with van der Waals surface area (Å²) in [5.41, 5.74) is 2.38. The fourth-order valence-corrected chi connectivity index (χ4v) is 3.92. The first-order chi connectivity index (χ1) is 21.4. The second-order valence-electron chi connectivity index (χ2n) is 9.43. The van der Waals surface area contributed by atoms with Gasteiger partial charge in [0, 0.05) is 18.3 Å². The smallest absolute Gasteiger partial charge is 0.490 e. The van der Waals surface area contributed by atoms with E-state index in [4.69, 9.17) is 14.6 Å². The van der Waals surface area contributed by atoms with Crippen LogP contribution in [-0.2, 0) is 9.59 Å². The van der Waals surface area contributed by atoms with Gasteiger partial charge < -0.3 is 25.6 Å². The van der Waals surface area contributed by atoms with Crippen molar-refractivity contribution in [2.75, 3.05) is 18.5 Å². The summed E-state index contributed by atoms with van der Waals surface area (Å²) >= 11 is 0. The fraction of sp³-hybridized carbons (Fsp3) is 0.188. The third-order valence-electron chi connectivity index (χ3n) is 6.05. The quantitative estimate of drug-likeness (QED) is 0.105. The molecule has 0 saturated heterocycles. The van der Waals surface area contributed by atoms with Crippen molar-refractivity contribution in [1.29, 1.82) is 0 Å². The topological polar surface area (TPSA) is 138 Å². The molecular formula is C32H29F4N3O6. The molecule has 1 heterocycles. The molecule has 236 valence electrons. The van der Waals surface area contributed by atoms with Crippen molar-refractivity contribution in [3.8, 4) is 16.9 Å². The lowest BCUT2D eigenvalue weighted by molar-refractivity contribution is -0.192. The predicted octanol–water partition coefficient (Wildman–Crippen LogP) is 6.35. The Morgan fingerprint density at radius 3 is 2.13 bits per heavy atom. The summed E-state index contributed by atoms with van der Waals surface area (Å²) in [6.07, 6.45) is -2.89. The highest BCUT2D eigenvalue weighted by Crippen LogP contribution is 2.26. The number of halogens is 4. The molecule has 45 heavy (non-hydrogen) atoms. The molecule has 0 fully saturated rings. The summed E-state index contributed by atoms with van der Waals surface area (Å²) in [5, 5.41) is 22.6. The fourth-order valence-electron chi connectivity index (χ4n) is 3.92. The Bertz CT molecular complexity index is 1570. The summed E-state index contributed by atoms with van der Waals surface area (Å²) < 4.78 is 51.2. The van der Waals surface area contributed by atoms with Crippen molar-refractivity contribution in [3.63, 3.8) is 0 Å². The van der Waals surface area contributed by atoms with Crippen molar-refractivity contribution in [3.05, 3.63) is 114 Å². The van der Waals surface area contributed by atoms with E-state index in [1.807, 2.05) is 24.3 Å². The van der Waals surface area contributed by atoms with Crippen LogP contribution in [0.25, 0.3) is 11.1 Å². The molecule has 4 rings (SSSR count). The number of alkyl halides is 3. The maximum Gasteiger partial charge on any atom is 0.490 e. The minimum atomic E-state index is -5.08. The molecule has 3 aromatic carbocycles. The molecule has 0 aliphatic rings. The number of hydrogen-bond acceptors (Lipinski definition) is 6. The molecule has 4 aromatic rings. The van der Waals surface area contributed by atoms with Gasteiger partial charge in [0.15, 0.2) is 0 Å². The first-order valence-electron chi connectivity index (χ1n) is 13.5. The Balaban J connectivity index is 0.000000707. The number of carbonyl (C=O) groups is 3. The van der Waals surface area contributed by atoms with Gasteiger partial charge in [0.1, 0.15) is 17.4 Å². The maximum absolute atomic E-state index is 13.7. The molecule has 0 bridgehead atoms. The van der Waals surface area contributed by atoms with E-state index in [0.717, 1.165) is 17.8 Å². The number of benzene rings is 3. The van der Waals surface area contributed by atoms with Gasteiger partial charge in [-0.1, -0.05) is 36.4 Å². The minimum absolute atomic E-state index is 0.300. The van der Waals surface area contributed by atoms with Crippen LogP contribution in [0, 0.1) is 5.82 Å². The Kier molecular flexibility index (Phi) is 12.4. The number of carboxylic acids is 2. The molecule has 4 N–H and O–H groups in total. The van der Waals surface area contributed by atoms with Gasteiger partial charge in [-0.25, -0.2) is 14.2 Å². The number of carbonyl (C=O) groups excluding carboxylic acids is 1. The number of rotatable bonds is 12. The SMILES string of the molecule is O=C(O)C(F)(F)F.O=C(O)CC(NC(=O)c1ccc(OCCCNc2ccccn2)cc1)c1cccc(-c2cccc(F)c2)c1. The number of nitrogens with one attached hydrogen (secondary N) is 2. The molecule has 0 aliphatic carbocycles. The highest BCUT2D eigenvalue weighted by molar-refractivity contribution is 5.94. The van der Waals surface area contributed by atoms with Gasteiger partial charge in [0.05, 0.1) is 19.1 Å². The second kappa shape index (κ2) is 16.4. The molecule has 1 aromatic heterocycles. The highest BCUT2D eigenvalue weighted by Gasteiger charge is 2.38. The van der Waals surface area contributed by atoms with E-state index < -0.39 is 30.1 Å². The van der Waals surface area contributed by atoms with E-state index >= 15 is 0 Å². The van der Waals surface area contributed by atoms with Gasteiger partial charge in [-0.2, -0.15) is 13.2 Å². The zero-order valence-electron chi connectivity index (χ0n) is 23.6. The lowest BCUT2D eigenvalue weighted by Crippen LogP contribution is -2.30. The van der Waals surface area contributed by atoms with Crippen LogP contribution in [0.15, 0.2) is 97.2 Å². The first kappa shape index (κ1) is 34.0. The molecule has 0 aliphatic heterocycles. The van der Waals surface area contributed by atoms with Crippen molar-refractivity contribution < 1.29 is 46.9 Å². The van der Waals surface area contributed by atoms with E-state index in [9.17, 15) is 32.3 Å².